The van der Waals surface area contributed by atoms with E-state index in [4.69, 9.17) is 0 Å². The highest BCUT2D eigenvalue weighted by Gasteiger charge is 2.38. The quantitative estimate of drug-likeness (QED) is 0.506. The van der Waals surface area contributed by atoms with Gasteiger partial charge in [0.1, 0.15) is 0 Å². The molecule has 3 nitrogen and oxygen atoms in total. The summed E-state index contributed by atoms with van der Waals surface area (Å²) in [4.78, 5) is 0. The van der Waals surface area contributed by atoms with Crippen LogP contribution in [0.3, 0.4) is 0 Å². The maximum absolute atomic E-state index is 4.64. The molecule has 1 aromatic rings. The van der Waals surface area contributed by atoms with E-state index >= 15 is 0 Å². The number of anilines is 1. The molecule has 0 spiro atoms. The van der Waals surface area contributed by atoms with Crippen molar-refractivity contribution in [1.29, 1.82) is 0 Å². The Balaban J connectivity index is 2.06. The van der Waals surface area contributed by atoms with E-state index in [-0.39, 0.29) is 0 Å². The molecule has 2 rings (SSSR count). The Hall–Kier alpha value is -1.61. The number of rotatable bonds is 4. The number of likely N-dealkylation sites (N-methyl/N-ethyl adjacent to an activating group) is 1. The van der Waals surface area contributed by atoms with Crippen LogP contribution in [0.4, 0.5) is 5.69 Å². The minimum absolute atomic E-state index is 0.507. The Labute approximate surface area is 122 Å². The van der Waals surface area contributed by atoms with Crippen LogP contribution in [0.25, 0.3) is 0 Å². The van der Waals surface area contributed by atoms with Crippen LogP contribution in [0.15, 0.2) is 48.1 Å². The van der Waals surface area contributed by atoms with Gasteiger partial charge in [-0.15, -0.1) is 0 Å². The van der Waals surface area contributed by atoms with Gasteiger partial charge >= 0.3 is 0 Å². The summed E-state index contributed by atoms with van der Waals surface area (Å²) < 4.78 is 1.06. The average molecular weight is 272 g/mol. The number of benzene rings is 1. The molecule has 1 fully saturated rings. The van der Waals surface area contributed by atoms with Gasteiger partial charge in [-0.2, -0.15) is 5.10 Å². The van der Waals surface area contributed by atoms with Gasteiger partial charge in [0.25, 0.3) is 0 Å². The van der Waals surface area contributed by atoms with Crippen molar-refractivity contribution in [2.45, 2.75) is 26.3 Å². The van der Waals surface area contributed by atoms with Crippen molar-refractivity contribution in [3.05, 3.63) is 43.0 Å². The third-order valence-electron chi connectivity index (χ3n) is 4.48. The smallest absolute Gasteiger partial charge is 0.0971 e. The summed E-state index contributed by atoms with van der Waals surface area (Å²) in [6.45, 7) is 10.6. The third kappa shape index (κ3) is 3.28. The van der Waals surface area contributed by atoms with Crippen LogP contribution in [0.2, 0.25) is 0 Å². The topological polar surface area (TPSA) is 24.4 Å². The number of nitrogens with zero attached hydrogens (tertiary/aromatic N) is 2. The molecule has 0 bridgehead atoms. The summed E-state index contributed by atoms with van der Waals surface area (Å²) in [5.74, 6) is 0.507. The normalized spacial score (nSPS) is 32.0. The van der Waals surface area contributed by atoms with Gasteiger partial charge in [0, 0.05) is 12.3 Å². The first-order chi connectivity index (χ1) is 9.55. The van der Waals surface area contributed by atoms with Crippen LogP contribution >= 0.6 is 0 Å². The second-order valence-corrected chi connectivity index (χ2v) is 6.17. The lowest BCUT2D eigenvalue weighted by Gasteiger charge is -2.45. The molecule has 0 radical (unpaired) electrons. The van der Waals surface area contributed by atoms with Crippen molar-refractivity contribution in [2.75, 3.05) is 25.6 Å². The van der Waals surface area contributed by atoms with E-state index in [9.17, 15) is 0 Å². The van der Waals surface area contributed by atoms with E-state index in [0.29, 0.717) is 12.0 Å². The van der Waals surface area contributed by atoms with Crippen LogP contribution in [-0.2, 0) is 0 Å². The summed E-state index contributed by atoms with van der Waals surface area (Å²) in [7, 11) is 2.32. The Morgan fingerprint density at radius 2 is 2.05 bits per heavy atom. The zero-order valence-electron chi connectivity index (χ0n) is 12.8. The van der Waals surface area contributed by atoms with E-state index in [1.807, 2.05) is 36.4 Å². The van der Waals surface area contributed by atoms with Gasteiger partial charge in [-0.25, -0.2) is 0 Å². The van der Waals surface area contributed by atoms with Gasteiger partial charge < -0.3 is 4.48 Å². The van der Waals surface area contributed by atoms with Gasteiger partial charge in [0.2, 0.25) is 0 Å². The number of piperidine rings is 1. The molecule has 108 valence electrons. The maximum atomic E-state index is 4.64. The summed E-state index contributed by atoms with van der Waals surface area (Å²) in [6, 6.07) is 10.7. The highest BCUT2D eigenvalue weighted by atomic mass is 15.4. The molecular weight excluding hydrogens is 246 g/mol. The molecule has 0 amide bonds. The van der Waals surface area contributed by atoms with Crippen molar-refractivity contribution < 1.29 is 4.48 Å². The van der Waals surface area contributed by atoms with Gasteiger partial charge in [0.15, 0.2) is 0 Å². The first-order valence-corrected chi connectivity index (χ1v) is 7.38. The standard InChI is InChI=1S/C17H26N3/c1-5-11-20(4)13-14(2)17(12-15(20)3)19-18-16-9-7-6-8-10-16/h5-10,14-15,18H,1,11-13H2,2-4H3/q+1/t14-,15+,20+/m0/s1. The lowest BCUT2D eigenvalue weighted by molar-refractivity contribution is -0.930. The number of quaternary nitrogens is 1. The van der Waals surface area contributed by atoms with E-state index in [2.05, 4.69) is 38.0 Å². The predicted molar refractivity (Wildman–Crippen MR) is 86.9 cm³/mol. The zero-order valence-corrected chi connectivity index (χ0v) is 12.8. The highest BCUT2D eigenvalue weighted by molar-refractivity contribution is 5.88. The van der Waals surface area contributed by atoms with Crippen LogP contribution in [0.5, 0.6) is 0 Å². The van der Waals surface area contributed by atoms with E-state index in [1.165, 1.54) is 5.71 Å². The molecule has 20 heavy (non-hydrogen) atoms. The van der Waals surface area contributed by atoms with Crippen molar-refractivity contribution in [2.24, 2.45) is 11.0 Å². The second-order valence-electron chi connectivity index (χ2n) is 6.17. The molecule has 3 atom stereocenters. The summed E-state index contributed by atoms with van der Waals surface area (Å²) in [5, 5.41) is 4.64. The second kappa shape index (κ2) is 6.23. The molecule has 0 aromatic heterocycles. The summed E-state index contributed by atoms with van der Waals surface area (Å²) in [5.41, 5.74) is 5.51. The number of nitrogens with one attached hydrogen (secondary N) is 1. The number of hydrazone groups is 1. The molecule has 1 aliphatic heterocycles. The number of hydrogen-bond donors (Lipinski definition) is 1. The first kappa shape index (κ1) is 14.8. The minimum atomic E-state index is 0.507. The van der Waals surface area contributed by atoms with Gasteiger partial charge in [-0.3, -0.25) is 5.43 Å². The van der Waals surface area contributed by atoms with Crippen LogP contribution in [-0.4, -0.2) is 36.4 Å². The average Bonchev–Trinajstić information content (AvgIpc) is 2.43. The third-order valence-corrected chi connectivity index (χ3v) is 4.48. The van der Waals surface area contributed by atoms with Gasteiger partial charge in [-0.1, -0.05) is 31.7 Å². The zero-order chi connectivity index (χ0) is 14.6. The number of likely N-dealkylation sites (tertiary alicyclic amines) is 1. The molecular formula is C17H26N3+. The molecule has 1 aliphatic rings. The van der Waals surface area contributed by atoms with Crippen LogP contribution in [0, 0.1) is 5.92 Å². The van der Waals surface area contributed by atoms with Crippen molar-refractivity contribution >= 4 is 11.4 Å². The molecule has 1 heterocycles. The highest BCUT2D eigenvalue weighted by Crippen LogP contribution is 2.26. The minimum Gasteiger partial charge on any atom is -0.320 e. The van der Waals surface area contributed by atoms with E-state index < -0.39 is 0 Å². The molecule has 3 heteroatoms. The Morgan fingerprint density at radius 1 is 1.35 bits per heavy atom. The molecule has 0 unspecified atom stereocenters. The Morgan fingerprint density at radius 3 is 2.70 bits per heavy atom. The van der Waals surface area contributed by atoms with Crippen LogP contribution < -0.4 is 5.43 Å². The fraction of sp³-hybridized carbons (Fsp3) is 0.471. The molecule has 0 saturated carbocycles. The number of para-hydroxylation sites is 1. The fourth-order valence-electron chi connectivity index (χ4n) is 2.99. The number of hydrogen-bond acceptors (Lipinski definition) is 2. The van der Waals surface area contributed by atoms with E-state index in [0.717, 1.165) is 29.7 Å². The van der Waals surface area contributed by atoms with Crippen molar-refractivity contribution in [3.8, 4) is 0 Å². The predicted octanol–water partition coefficient (Wildman–Crippen LogP) is 3.52. The Kier molecular flexibility index (Phi) is 4.61. The maximum Gasteiger partial charge on any atom is 0.0971 e. The molecule has 1 aromatic carbocycles. The van der Waals surface area contributed by atoms with Crippen LogP contribution in [0.1, 0.15) is 20.3 Å². The SMILES string of the molecule is C=CC[N@+]1(C)C[C@H](C)C(=NNc2ccccc2)C[C@H]1C. The lowest BCUT2D eigenvalue weighted by atomic mass is 9.90. The summed E-state index contributed by atoms with van der Waals surface area (Å²) in [6.07, 6.45) is 3.08. The Bertz CT molecular complexity index is 480. The lowest BCUT2D eigenvalue weighted by Crippen LogP contribution is -2.58. The molecule has 0 aliphatic carbocycles. The van der Waals surface area contributed by atoms with Crippen molar-refractivity contribution in [3.63, 3.8) is 0 Å². The fourth-order valence-corrected chi connectivity index (χ4v) is 2.99. The van der Waals surface area contributed by atoms with Gasteiger partial charge in [0.05, 0.1) is 37.6 Å². The van der Waals surface area contributed by atoms with Crippen molar-refractivity contribution in [1.82, 2.24) is 0 Å². The monoisotopic (exact) mass is 272 g/mol. The van der Waals surface area contributed by atoms with Gasteiger partial charge in [-0.05, 0) is 25.1 Å². The first-order valence-electron chi connectivity index (χ1n) is 7.38. The molecule has 1 saturated heterocycles. The summed E-state index contributed by atoms with van der Waals surface area (Å²) >= 11 is 0. The molecule has 1 N–H and O–H groups in total. The largest absolute Gasteiger partial charge is 0.320 e. The van der Waals surface area contributed by atoms with E-state index in [1.54, 1.807) is 0 Å².